The number of hydrogen-bond acceptors (Lipinski definition) is 4. The number of amides is 2. The van der Waals surface area contributed by atoms with Crippen LogP contribution in [0.15, 0.2) is 16.5 Å². The lowest BCUT2D eigenvalue weighted by molar-refractivity contribution is -0.140. The zero-order valence-electron chi connectivity index (χ0n) is 11.8. The summed E-state index contributed by atoms with van der Waals surface area (Å²) in [6, 6.07) is 1.06. The van der Waals surface area contributed by atoms with Crippen molar-refractivity contribution in [2.45, 2.75) is 38.8 Å². The monoisotopic (exact) mass is 298 g/mol. The van der Waals surface area contributed by atoms with E-state index in [1.165, 1.54) is 0 Å². The average molecular weight is 298 g/mol. The Morgan fingerprint density at radius 3 is 2.38 bits per heavy atom. The first kappa shape index (κ1) is 16.5. The summed E-state index contributed by atoms with van der Waals surface area (Å²) < 4.78 is 5.34. The SMILES string of the molecule is Cc1ccc(C(C)NC(=O)N[C@@H](CCC(=O)O)C(=O)O)o1. The molecular formula is C13H18N2O6. The topological polar surface area (TPSA) is 129 Å². The highest BCUT2D eigenvalue weighted by atomic mass is 16.4. The number of urea groups is 1. The molecule has 0 saturated heterocycles. The molecule has 0 saturated carbocycles. The van der Waals surface area contributed by atoms with Gasteiger partial charge in [0.15, 0.2) is 0 Å². The van der Waals surface area contributed by atoms with Crippen molar-refractivity contribution in [2.75, 3.05) is 0 Å². The van der Waals surface area contributed by atoms with Gasteiger partial charge in [0, 0.05) is 6.42 Å². The van der Waals surface area contributed by atoms with Crippen LogP contribution in [0, 0.1) is 6.92 Å². The van der Waals surface area contributed by atoms with Crippen molar-refractivity contribution >= 4 is 18.0 Å². The summed E-state index contributed by atoms with van der Waals surface area (Å²) >= 11 is 0. The van der Waals surface area contributed by atoms with Crippen LogP contribution < -0.4 is 10.6 Å². The van der Waals surface area contributed by atoms with E-state index in [0.29, 0.717) is 11.5 Å². The van der Waals surface area contributed by atoms with Gasteiger partial charge in [0.1, 0.15) is 17.6 Å². The molecule has 0 radical (unpaired) electrons. The third-order valence-corrected chi connectivity index (χ3v) is 2.79. The maximum atomic E-state index is 11.7. The number of aryl methyl sites for hydroxylation is 1. The zero-order chi connectivity index (χ0) is 16.0. The van der Waals surface area contributed by atoms with Crippen molar-refractivity contribution in [2.24, 2.45) is 0 Å². The van der Waals surface area contributed by atoms with Crippen molar-refractivity contribution in [1.82, 2.24) is 10.6 Å². The Labute approximate surface area is 121 Å². The van der Waals surface area contributed by atoms with E-state index in [0.717, 1.165) is 0 Å². The van der Waals surface area contributed by atoms with Crippen molar-refractivity contribution in [3.63, 3.8) is 0 Å². The number of carboxylic acids is 2. The lowest BCUT2D eigenvalue weighted by Gasteiger charge is -2.16. The quantitative estimate of drug-likeness (QED) is 0.600. The number of nitrogens with one attached hydrogen (secondary N) is 2. The van der Waals surface area contributed by atoms with Crippen LogP contribution in [-0.4, -0.2) is 34.2 Å². The molecule has 8 nitrogen and oxygen atoms in total. The molecule has 0 aliphatic carbocycles. The first-order chi connectivity index (χ1) is 9.79. The van der Waals surface area contributed by atoms with Gasteiger partial charge in [-0.1, -0.05) is 0 Å². The minimum absolute atomic E-state index is 0.188. The van der Waals surface area contributed by atoms with Gasteiger partial charge in [0.25, 0.3) is 0 Å². The summed E-state index contributed by atoms with van der Waals surface area (Å²) in [5.41, 5.74) is 0. The van der Waals surface area contributed by atoms with E-state index in [-0.39, 0.29) is 12.8 Å². The van der Waals surface area contributed by atoms with Crippen molar-refractivity contribution in [1.29, 1.82) is 0 Å². The van der Waals surface area contributed by atoms with Crippen molar-refractivity contribution in [3.8, 4) is 0 Å². The molecule has 4 N–H and O–H groups in total. The fraction of sp³-hybridized carbons (Fsp3) is 0.462. The molecule has 1 unspecified atom stereocenters. The number of rotatable bonds is 7. The molecule has 0 fully saturated rings. The van der Waals surface area contributed by atoms with Gasteiger partial charge >= 0.3 is 18.0 Å². The minimum atomic E-state index is -1.28. The molecule has 1 aromatic rings. The second-order valence-electron chi connectivity index (χ2n) is 4.61. The summed E-state index contributed by atoms with van der Waals surface area (Å²) in [4.78, 5) is 33.1. The minimum Gasteiger partial charge on any atom is -0.481 e. The third-order valence-electron chi connectivity index (χ3n) is 2.79. The molecule has 2 amide bonds. The van der Waals surface area contributed by atoms with Gasteiger partial charge in [-0.15, -0.1) is 0 Å². The number of carboxylic acid groups (broad SMARTS) is 2. The van der Waals surface area contributed by atoms with Gasteiger partial charge < -0.3 is 25.3 Å². The standard InChI is InChI=1S/C13H18N2O6/c1-7-3-5-10(21-7)8(2)14-13(20)15-9(12(18)19)4-6-11(16)17/h3,5,8-9H,4,6H2,1-2H3,(H,16,17)(H,18,19)(H2,14,15,20)/t8?,9-/m0/s1. The third kappa shape index (κ3) is 5.55. The van der Waals surface area contributed by atoms with Gasteiger partial charge in [-0.05, 0) is 32.4 Å². The van der Waals surface area contributed by atoms with Crippen LogP contribution in [-0.2, 0) is 9.59 Å². The highest BCUT2D eigenvalue weighted by Crippen LogP contribution is 2.15. The number of hydrogen-bond donors (Lipinski definition) is 4. The van der Waals surface area contributed by atoms with Crippen molar-refractivity contribution in [3.05, 3.63) is 23.7 Å². The van der Waals surface area contributed by atoms with Crippen LogP contribution in [0.3, 0.4) is 0 Å². The van der Waals surface area contributed by atoms with Gasteiger partial charge in [0.05, 0.1) is 6.04 Å². The number of aliphatic carboxylic acids is 2. The maximum absolute atomic E-state index is 11.7. The molecule has 1 heterocycles. The predicted molar refractivity (Wildman–Crippen MR) is 71.8 cm³/mol. The van der Waals surface area contributed by atoms with Crippen LogP contribution in [0.1, 0.15) is 37.3 Å². The van der Waals surface area contributed by atoms with Crippen LogP contribution in [0.4, 0.5) is 4.79 Å². The molecule has 8 heteroatoms. The molecule has 0 spiro atoms. The molecule has 0 aliphatic rings. The van der Waals surface area contributed by atoms with Crippen LogP contribution in [0.25, 0.3) is 0 Å². The Hall–Kier alpha value is -2.51. The van der Waals surface area contributed by atoms with E-state index in [1.54, 1.807) is 26.0 Å². The Morgan fingerprint density at radius 1 is 1.24 bits per heavy atom. The first-order valence-corrected chi connectivity index (χ1v) is 6.37. The highest BCUT2D eigenvalue weighted by molar-refractivity contribution is 5.83. The van der Waals surface area contributed by atoms with Crippen LogP contribution in [0.2, 0.25) is 0 Å². The van der Waals surface area contributed by atoms with Gasteiger partial charge in [-0.25, -0.2) is 9.59 Å². The normalized spacial score (nSPS) is 13.2. The van der Waals surface area contributed by atoms with E-state index >= 15 is 0 Å². The van der Waals surface area contributed by atoms with E-state index < -0.39 is 30.1 Å². The molecule has 116 valence electrons. The molecule has 0 aromatic carbocycles. The largest absolute Gasteiger partial charge is 0.481 e. The highest BCUT2D eigenvalue weighted by Gasteiger charge is 2.22. The number of carbonyl (C=O) groups excluding carboxylic acids is 1. The van der Waals surface area contributed by atoms with Gasteiger partial charge in [-0.2, -0.15) is 0 Å². The molecule has 1 aromatic heterocycles. The second kappa shape index (κ2) is 7.32. The molecule has 0 aliphatic heterocycles. The summed E-state index contributed by atoms with van der Waals surface area (Å²) in [5, 5.41) is 22.2. The molecule has 21 heavy (non-hydrogen) atoms. The maximum Gasteiger partial charge on any atom is 0.326 e. The summed E-state index contributed by atoms with van der Waals surface area (Å²) in [6.45, 7) is 3.45. The van der Waals surface area contributed by atoms with Crippen molar-refractivity contribution < 1.29 is 29.0 Å². The Morgan fingerprint density at radius 2 is 1.90 bits per heavy atom. The Kier molecular flexibility index (Phi) is 5.77. The fourth-order valence-corrected chi connectivity index (χ4v) is 1.68. The van der Waals surface area contributed by atoms with E-state index in [2.05, 4.69) is 10.6 Å². The zero-order valence-corrected chi connectivity index (χ0v) is 11.8. The summed E-state index contributed by atoms with van der Waals surface area (Å²) in [7, 11) is 0. The number of furan rings is 1. The number of carbonyl (C=O) groups is 3. The van der Waals surface area contributed by atoms with Gasteiger partial charge in [0.2, 0.25) is 0 Å². The lowest BCUT2D eigenvalue weighted by Crippen LogP contribution is -2.46. The van der Waals surface area contributed by atoms with E-state index in [1.807, 2.05) is 0 Å². The Bertz CT molecular complexity index is 524. The summed E-state index contributed by atoms with van der Waals surface area (Å²) in [6.07, 6.45) is -0.531. The Balaban J connectivity index is 2.53. The van der Waals surface area contributed by atoms with Crippen LogP contribution >= 0.6 is 0 Å². The molecule has 2 atom stereocenters. The first-order valence-electron chi connectivity index (χ1n) is 6.37. The molecule has 1 rings (SSSR count). The molecule has 0 bridgehead atoms. The van der Waals surface area contributed by atoms with Gasteiger partial charge in [-0.3, -0.25) is 4.79 Å². The second-order valence-corrected chi connectivity index (χ2v) is 4.61. The summed E-state index contributed by atoms with van der Waals surface area (Å²) in [5.74, 6) is -1.17. The smallest absolute Gasteiger partial charge is 0.326 e. The predicted octanol–water partition coefficient (Wildman–Crippen LogP) is 1.27. The van der Waals surface area contributed by atoms with E-state index in [4.69, 9.17) is 14.6 Å². The average Bonchev–Trinajstić information content (AvgIpc) is 2.80. The van der Waals surface area contributed by atoms with Crippen LogP contribution in [0.5, 0.6) is 0 Å². The fourth-order valence-electron chi connectivity index (χ4n) is 1.68. The lowest BCUT2D eigenvalue weighted by atomic mass is 10.1. The van der Waals surface area contributed by atoms with E-state index in [9.17, 15) is 14.4 Å². The molecular weight excluding hydrogens is 280 g/mol.